The van der Waals surface area contributed by atoms with Gasteiger partial charge in [-0.15, -0.1) is 11.3 Å². The number of hydrogen-bond acceptors (Lipinski definition) is 5. The van der Waals surface area contributed by atoms with Crippen LogP contribution in [0.4, 0.5) is 0 Å². The smallest absolute Gasteiger partial charge is 0.253 e. The number of rotatable bonds is 5. The third kappa shape index (κ3) is 4.13. The lowest BCUT2D eigenvalue weighted by Crippen LogP contribution is -2.48. The van der Waals surface area contributed by atoms with Crippen molar-refractivity contribution in [1.82, 2.24) is 14.8 Å². The molecular formula is C18H23N3O2S. The lowest BCUT2D eigenvalue weighted by molar-refractivity contribution is 0.0628. The van der Waals surface area contributed by atoms with E-state index in [-0.39, 0.29) is 5.91 Å². The Balaban J connectivity index is 1.52. The van der Waals surface area contributed by atoms with E-state index in [9.17, 15) is 4.79 Å². The number of aromatic nitrogens is 1. The molecule has 0 spiro atoms. The summed E-state index contributed by atoms with van der Waals surface area (Å²) in [6.45, 7) is 8.78. The number of carbonyl (C=O) groups is 1. The molecule has 0 N–H and O–H groups in total. The molecule has 24 heavy (non-hydrogen) atoms. The van der Waals surface area contributed by atoms with Crippen LogP contribution >= 0.6 is 11.3 Å². The van der Waals surface area contributed by atoms with E-state index in [2.05, 4.69) is 15.3 Å². The molecule has 0 radical (unpaired) electrons. The molecule has 1 aromatic carbocycles. The van der Waals surface area contributed by atoms with Crippen molar-refractivity contribution in [3.05, 3.63) is 45.9 Å². The summed E-state index contributed by atoms with van der Waals surface area (Å²) >= 11 is 1.71. The molecule has 0 saturated carbocycles. The van der Waals surface area contributed by atoms with E-state index in [0.717, 1.165) is 54.7 Å². The van der Waals surface area contributed by atoms with E-state index in [1.807, 2.05) is 43.0 Å². The first kappa shape index (κ1) is 16.9. The molecule has 0 bridgehead atoms. The SMILES string of the molecule is CCOc1ccc(C(=O)N2CCN(Cc3nc(C)cs3)CC2)cc1. The van der Waals surface area contributed by atoms with E-state index < -0.39 is 0 Å². The number of hydrogen-bond donors (Lipinski definition) is 0. The number of piperazine rings is 1. The molecule has 1 amide bonds. The maximum absolute atomic E-state index is 12.6. The van der Waals surface area contributed by atoms with Crippen molar-refractivity contribution >= 4 is 17.2 Å². The van der Waals surface area contributed by atoms with Crippen LogP contribution in [-0.4, -0.2) is 53.5 Å². The summed E-state index contributed by atoms with van der Waals surface area (Å²) in [4.78, 5) is 21.4. The Morgan fingerprint density at radius 1 is 1.21 bits per heavy atom. The minimum absolute atomic E-state index is 0.0998. The molecule has 3 rings (SSSR count). The van der Waals surface area contributed by atoms with Crippen LogP contribution in [0.1, 0.15) is 28.0 Å². The van der Waals surface area contributed by atoms with Crippen molar-refractivity contribution < 1.29 is 9.53 Å². The standard InChI is InChI=1S/C18H23N3O2S/c1-3-23-16-6-4-15(5-7-16)18(22)21-10-8-20(9-11-21)12-17-19-14(2)13-24-17/h4-7,13H,3,8-12H2,1-2H3. The second-order valence-corrected chi connectivity index (χ2v) is 6.85. The summed E-state index contributed by atoms with van der Waals surface area (Å²) in [5, 5.41) is 3.24. The number of benzene rings is 1. The van der Waals surface area contributed by atoms with Gasteiger partial charge in [0.15, 0.2) is 0 Å². The fraction of sp³-hybridized carbons (Fsp3) is 0.444. The van der Waals surface area contributed by atoms with Crippen molar-refractivity contribution in [3.63, 3.8) is 0 Å². The van der Waals surface area contributed by atoms with Crippen LogP contribution in [0.3, 0.4) is 0 Å². The van der Waals surface area contributed by atoms with Crippen LogP contribution in [0.2, 0.25) is 0 Å². The van der Waals surface area contributed by atoms with Gasteiger partial charge in [-0.1, -0.05) is 0 Å². The zero-order valence-electron chi connectivity index (χ0n) is 14.2. The van der Waals surface area contributed by atoms with E-state index in [0.29, 0.717) is 6.61 Å². The van der Waals surface area contributed by atoms with Crippen molar-refractivity contribution in [2.45, 2.75) is 20.4 Å². The molecule has 6 heteroatoms. The first-order valence-corrected chi connectivity index (χ1v) is 9.19. The van der Waals surface area contributed by atoms with Gasteiger partial charge in [0.05, 0.1) is 13.2 Å². The molecule has 1 aromatic heterocycles. The summed E-state index contributed by atoms with van der Waals surface area (Å²) in [5.41, 5.74) is 1.81. The number of nitrogens with zero attached hydrogens (tertiary/aromatic N) is 3. The maximum Gasteiger partial charge on any atom is 0.253 e. The summed E-state index contributed by atoms with van der Waals surface area (Å²) in [6, 6.07) is 7.41. The molecule has 128 valence electrons. The number of carbonyl (C=O) groups excluding carboxylic acids is 1. The highest BCUT2D eigenvalue weighted by molar-refractivity contribution is 7.09. The number of aryl methyl sites for hydroxylation is 1. The Morgan fingerprint density at radius 3 is 2.50 bits per heavy atom. The van der Waals surface area contributed by atoms with Gasteiger partial charge in [0.2, 0.25) is 0 Å². The molecule has 0 aliphatic carbocycles. The summed E-state index contributed by atoms with van der Waals surface area (Å²) in [5.74, 6) is 0.903. The van der Waals surface area contributed by atoms with E-state index in [1.165, 1.54) is 0 Å². The van der Waals surface area contributed by atoms with Gasteiger partial charge in [-0.2, -0.15) is 0 Å². The Bertz CT molecular complexity index is 676. The lowest BCUT2D eigenvalue weighted by Gasteiger charge is -2.34. The molecule has 2 heterocycles. The van der Waals surface area contributed by atoms with Crippen LogP contribution in [0, 0.1) is 6.92 Å². The van der Waals surface area contributed by atoms with Gasteiger partial charge in [-0.3, -0.25) is 9.69 Å². The van der Waals surface area contributed by atoms with Gasteiger partial charge in [-0.25, -0.2) is 4.98 Å². The third-order valence-electron chi connectivity index (χ3n) is 4.10. The van der Waals surface area contributed by atoms with Crippen LogP contribution < -0.4 is 4.74 Å². The Hall–Kier alpha value is -1.92. The molecule has 1 saturated heterocycles. The first-order chi connectivity index (χ1) is 11.7. The van der Waals surface area contributed by atoms with Gasteiger partial charge in [0.25, 0.3) is 5.91 Å². The van der Waals surface area contributed by atoms with Crippen LogP contribution in [0.15, 0.2) is 29.6 Å². The molecular weight excluding hydrogens is 322 g/mol. The van der Waals surface area contributed by atoms with Gasteiger partial charge >= 0.3 is 0 Å². The first-order valence-electron chi connectivity index (χ1n) is 8.31. The minimum atomic E-state index is 0.0998. The third-order valence-corrected chi connectivity index (χ3v) is 5.05. The monoisotopic (exact) mass is 345 g/mol. The molecule has 2 aromatic rings. The normalized spacial score (nSPS) is 15.5. The van der Waals surface area contributed by atoms with Crippen molar-refractivity contribution in [3.8, 4) is 5.75 Å². The van der Waals surface area contributed by atoms with Crippen molar-refractivity contribution in [2.75, 3.05) is 32.8 Å². The highest BCUT2D eigenvalue weighted by Gasteiger charge is 2.22. The average Bonchev–Trinajstić information content (AvgIpc) is 3.01. The largest absolute Gasteiger partial charge is 0.494 e. The van der Waals surface area contributed by atoms with Gasteiger partial charge in [0, 0.05) is 42.8 Å². The topological polar surface area (TPSA) is 45.7 Å². The number of ether oxygens (including phenoxy) is 1. The van der Waals surface area contributed by atoms with E-state index in [4.69, 9.17) is 4.74 Å². The molecule has 1 aliphatic heterocycles. The van der Waals surface area contributed by atoms with Gasteiger partial charge < -0.3 is 9.64 Å². The van der Waals surface area contributed by atoms with Gasteiger partial charge in [0.1, 0.15) is 10.8 Å². The maximum atomic E-state index is 12.6. The van der Waals surface area contributed by atoms with Crippen molar-refractivity contribution in [2.24, 2.45) is 0 Å². The number of amides is 1. The van der Waals surface area contributed by atoms with E-state index in [1.54, 1.807) is 11.3 Å². The summed E-state index contributed by atoms with van der Waals surface area (Å²) < 4.78 is 5.42. The van der Waals surface area contributed by atoms with Crippen LogP contribution in [0.25, 0.3) is 0 Å². The summed E-state index contributed by atoms with van der Waals surface area (Å²) in [7, 11) is 0. The van der Waals surface area contributed by atoms with E-state index >= 15 is 0 Å². The Kier molecular flexibility index (Phi) is 5.48. The molecule has 0 atom stereocenters. The Morgan fingerprint density at radius 2 is 1.92 bits per heavy atom. The minimum Gasteiger partial charge on any atom is -0.494 e. The average molecular weight is 345 g/mol. The molecule has 0 unspecified atom stereocenters. The lowest BCUT2D eigenvalue weighted by atomic mass is 10.1. The molecule has 1 aliphatic rings. The number of thiazole rings is 1. The van der Waals surface area contributed by atoms with Gasteiger partial charge in [-0.05, 0) is 38.1 Å². The molecule has 1 fully saturated rings. The zero-order chi connectivity index (χ0) is 16.9. The molecule has 5 nitrogen and oxygen atoms in total. The zero-order valence-corrected chi connectivity index (χ0v) is 15.0. The Labute approximate surface area is 146 Å². The van der Waals surface area contributed by atoms with Crippen LogP contribution in [-0.2, 0) is 6.54 Å². The highest BCUT2D eigenvalue weighted by atomic mass is 32.1. The second-order valence-electron chi connectivity index (χ2n) is 5.91. The summed E-state index contributed by atoms with van der Waals surface area (Å²) in [6.07, 6.45) is 0. The van der Waals surface area contributed by atoms with Crippen LogP contribution in [0.5, 0.6) is 5.75 Å². The second kappa shape index (κ2) is 7.77. The quantitative estimate of drug-likeness (QED) is 0.836. The van der Waals surface area contributed by atoms with Crippen molar-refractivity contribution in [1.29, 1.82) is 0 Å². The fourth-order valence-electron chi connectivity index (χ4n) is 2.82. The predicted molar refractivity (Wildman–Crippen MR) is 95.6 cm³/mol. The highest BCUT2D eigenvalue weighted by Crippen LogP contribution is 2.16. The fourth-order valence-corrected chi connectivity index (χ4v) is 3.63. The predicted octanol–water partition coefficient (Wildman–Crippen LogP) is 2.81.